The molecule has 0 N–H and O–H groups in total. The Hall–Kier alpha value is -7.20. The number of benzene rings is 9. The summed E-state index contributed by atoms with van der Waals surface area (Å²) in [7, 11) is 0. The van der Waals surface area contributed by atoms with Gasteiger partial charge in [-0.25, -0.2) is 0 Å². The fourth-order valence-electron chi connectivity index (χ4n) is 8.48. The molecule has 11 aromatic rings. The number of anilines is 3. The summed E-state index contributed by atoms with van der Waals surface area (Å²) in [5.74, 6) is 0. The van der Waals surface area contributed by atoms with Gasteiger partial charge in [0.05, 0.1) is 5.69 Å². The summed E-state index contributed by atoms with van der Waals surface area (Å²) in [5, 5.41) is 4.85. The molecule has 0 radical (unpaired) electrons. The first kappa shape index (κ1) is 33.2. The summed E-state index contributed by atoms with van der Waals surface area (Å²) in [6.45, 7) is 0. The number of para-hydroxylation sites is 2. The van der Waals surface area contributed by atoms with Gasteiger partial charge < -0.3 is 9.32 Å². The van der Waals surface area contributed by atoms with Crippen LogP contribution >= 0.6 is 11.3 Å². The van der Waals surface area contributed by atoms with Crippen molar-refractivity contribution < 1.29 is 4.42 Å². The van der Waals surface area contributed by atoms with Crippen molar-refractivity contribution in [1.29, 1.82) is 0 Å². The predicted molar refractivity (Wildman–Crippen MR) is 243 cm³/mol. The molecule has 57 heavy (non-hydrogen) atoms. The van der Waals surface area contributed by atoms with E-state index in [1.54, 1.807) is 0 Å². The van der Waals surface area contributed by atoms with Crippen LogP contribution in [0.15, 0.2) is 217 Å². The largest absolute Gasteiger partial charge is 0.456 e. The van der Waals surface area contributed by atoms with Crippen molar-refractivity contribution in [3.8, 4) is 44.5 Å². The third-order valence-electron chi connectivity index (χ3n) is 11.1. The first-order chi connectivity index (χ1) is 28.3. The lowest BCUT2D eigenvalue weighted by Crippen LogP contribution is -2.11. The third kappa shape index (κ3) is 5.71. The van der Waals surface area contributed by atoms with E-state index in [0.29, 0.717) is 0 Å². The molecule has 2 aromatic heterocycles. The fourth-order valence-corrected chi connectivity index (χ4v) is 9.72. The highest BCUT2D eigenvalue weighted by Gasteiger charge is 2.22. The molecule has 3 heteroatoms. The second kappa shape index (κ2) is 13.8. The Morgan fingerprint density at radius 2 is 0.877 bits per heavy atom. The molecule has 9 aromatic carbocycles. The van der Waals surface area contributed by atoms with Crippen LogP contribution in [-0.4, -0.2) is 0 Å². The zero-order valence-electron chi connectivity index (χ0n) is 31.0. The predicted octanol–water partition coefficient (Wildman–Crippen LogP) is 16.1. The quantitative estimate of drug-likeness (QED) is 0.162. The number of furan rings is 1. The van der Waals surface area contributed by atoms with E-state index in [0.717, 1.165) is 44.6 Å². The van der Waals surface area contributed by atoms with Crippen molar-refractivity contribution in [3.05, 3.63) is 212 Å². The molecule has 2 heterocycles. The van der Waals surface area contributed by atoms with Crippen LogP contribution in [0.1, 0.15) is 0 Å². The number of fused-ring (bicyclic) bond motifs is 6. The highest BCUT2D eigenvalue weighted by Crippen LogP contribution is 2.47. The maximum Gasteiger partial charge on any atom is 0.137 e. The average molecular weight is 746 g/mol. The van der Waals surface area contributed by atoms with E-state index in [1.165, 1.54) is 59.1 Å². The van der Waals surface area contributed by atoms with Gasteiger partial charge in [-0.2, -0.15) is 0 Å². The normalized spacial score (nSPS) is 11.5. The number of hydrogen-bond acceptors (Lipinski definition) is 3. The second-order valence-corrected chi connectivity index (χ2v) is 15.5. The first-order valence-electron chi connectivity index (χ1n) is 19.3. The van der Waals surface area contributed by atoms with Gasteiger partial charge in [0.1, 0.15) is 11.2 Å². The van der Waals surface area contributed by atoms with Crippen LogP contribution in [0.25, 0.3) is 86.6 Å². The van der Waals surface area contributed by atoms with Gasteiger partial charge in [0, 0.05) is 53.9 Å². The summed E-state index contributed by atoms with van der Waals surface area (Å²) in [5.41, 5.74) is 14.5. The van der Waals surface area contributed by atoms with Gasteiger partial charge in [0.25, 0.3) is 0 Å². The van der Waals surface area contributed by atoms with Crippen LogP contribution in [-0.2, 0) is 0 Å². The van der Waals surface area contributed by atoms with Crippen LogP contribution in [0.4, 0.5) is 17.1 Å². The molecule has 0 unspecified atom stereocenters. The smallest absolute Gasteiger partial charge is 0.137 e. The van der Waals surface area contributed by atoms with Crippen molar-refractivity contribution in [2.24, 2.45) is 0 Å². The van der Waals surface area contributed by atoms with Crippen LogP contribution in [0, 0.1) is 0 Å². The Balaban J connectivity index is 1.09. The van der Waals surface area contributed by atoms with Crippen LogP contribution in [0.3, 0.4) is 0 Å². The summed E-state index contributed by atoms with van der Waals surface area (Å²) in [6.07, 6.45) is 0. The number of rotatable bonds is 7. The summed E-state index contributed by atoms with van der Waals surface area (Å²) < 4.78 is 9.11. The monoisotopic (exact) mass is 745 g/mol. The van der Waals surface area contributed by atoms with Gasteiger partial charge in [-0.3, -0.25) is 0 Å². The molecular formula is C54H35NOS. The molecule has 0 fully saturated rings. The average Bonchev–Trinajstić information content (AvgIpc) is 3.86. The van der Waals surface area contributed by atoms with Crippen LogP contribution < -0.4 is 4.90 Å². The molecule has 0 aliphatic heterocycles. The van der Waals surface area contributed by atoms with Gasteiger partial charge in [-0.15, -0.1) is 11.3 Å². The van der Waals surface area contributed by atoms with Crippen molar-refractivity contribution in [2.45, 2.75) is 0 Å². The minimum atomic E-state index is 0.862. The van der Waals surface area contributed by atoms with E-state index in [9.17, 15) is 0 Å². The molecule has 0 spiro atoms. The second-order valence-electron chi connectivity index (χ2n) is 14.4. The van der Waals surface area contributed by atoms with Gasteiger partial charge in [-0.05, 0) is 81.4 Å². The van der Waals surface area contributed by atoms with E-state index in [1.807, 2.05) is 23.5 Å². The van der Waals surface area contributed by atoms with Crippen molar-refractivity contribution in [2.75, 3.05) is 4.90 Å². The molecule has 0 amide bonds. The summed E-state index contributed by atoms with van der Waals surface area (Å²) >= 11 is 1.87. The molecule has 0 saturated heterocycles. The molecular weight excluding hydrogens is 711 g/mol. The molecule has 0 aliphatic carbocycles. The minimum Gasteiger partial charge on any atom is -0.456 e. The SMILES string of the molecule is c1ccc(-c2ccccc2-c2ccccc2-c2ccccc2N(c2ccc(-c3cccc4c3sc3ccccc34)cc2)c2ccc3c(c2)oc2ccccc23)cc1. The van der Waals surface area contributed by atoms with Gasteiger partial charge in [0.15, 0.2) is 0 Å². The van der Waals surface area contributed by atoms with Gasteiger partial charge >= 0.3 is 0 Å². The van der Waals surface area contributed by atoms with Gasteiger partial charge in [-0.1, -0.05) is 164 Å². The fraction of sp³-hybridized carbons (Fsp3) is 0. The summed E-state index contributed by atoms with van der Waals surface area (Å²) in [6, 6.07) is 76.3. The lowest BCUT2D eigenvalue weighted by Gasteiger charge is -2.28. The topological polar surface area (TPSA) is 16.4 Å². The zero-order valence-corrected chi connectivity index (χ0v) is 31.8. The highest BCUT2D eigenvalue weighted by atomic mass is 32.1. The number of thiophene rings is 1. The Kier molecular flexibility index (Phi) is 8.04. The van der Waals surface area contributed by atoms with E-state index in [2.05, 4.69) is 205 Å². The molecule has 11 rings (SSSR count). The Labute approximate surface area is 335 Å². The Morgan fingerprint density at radius 3 is 1.68 bits per heavy atom. The standard InChI is InChI=1S/C54H35NOS/c1-2-15-36(16-3-1)40-17-4-5-18-42(40)43-19-6-7-20-44(43)45-21-8-11-26-50(45)55(39-33-34-47-46-22-9-12-27-51(46)56-52(47)35-39)38-31-29-37(30-32-38)41-24-14-25-49-48-23-10-13-28-53(48)57-54(41)49/h1-35H. The zero-order chi connectivity index (χ0) is 37.7. The minimum absolute atomic E-state index is 0.862. The molecule has 0 saturated carbocycles. The highest BCUT2D eigenvalue weighted by molar-refractivity contribution is 7.26. The van der Waals surface area contributed by atoms with E-state index in [4.69, 9.17) is 4.42 Å². The number of hydrogen-bond donors (Lipinski definition) is 0. The first-order valence-corrected chi connectivity index (χ1v) is 20.2. The summed E-state index contributed by atoms with van der Waals surface area (Å²) in [4.78, 5) is 2.38. The van der Waals surface area contributed by atoms with Crippen LogP contribution in [0.2, 0.25) is 0 Å². The van der Waals surface area contributed by atoms with E-state index >= 15 is 0 Å². The maximum absolute atomic E-state index is 6.48. The Morgan fingerprint density at radius 1 is 0.333 bits per heavy atom. The molecule has 268 valence electrons. The maximum atomic E-state index is 6.48. The lowest BCUT2D eigenvalue weighted by atomic mass is 9.88. The number of nitrogens with zero attached hydrogens (tertiary/aromatic N) is 1. The molecule has 2 nitrogen and oxygen atoms in total. The van der Waals surface area contributed by atoms with Crippen molar-refractivity contribution in [1.82, 2.24) is 0 Å². The van der Waals surface area contributed by atoms with Crippen molar-refractivity contribution in [3.63, 3.8) is 0 Å². The Bertz CT molecular complexity index is 3250. The van der Waals surface area contributed by atoms with E-state index < -0.39 is 0 Å². The molecule has 0 bridgehead atoms. The third-order valence-corrected chi connectivity index (χ3v) is 12.3. The lowest BCUT2D eigenvalue weighted by molar-refractivity contribution is 0.669. The van der Waals surface area contributed by atoms with Crippen LogP contribution in [0.5, 0.6) is 0 Å². The molecule has 0 aliphatic rings. The van der Waals surface area contributed by atoms with Crippen molar-refractivity contribution >= 4 is 70.5 Å². The van der Waals surface area contributed by atoms with Gasteiger partial charge in [0.2, 0.25) is 0 Å². The van der Waals surface area contributed by atoms with E-state index in [-0.39, 0.29) is 0 Å². The molecule has 0 atom stereocenters.